The number of nitrogens with one attached hydrogen (secondary N) is 1. The van der Waals surface area contributed by atoms with E-state index in [4.69, 9.17) is 11.6 Å². The van der Waals surface area contributed by atoms with Gasteiger partial charge in [-0.1, -0.05) is 29.4 Å². The Kier molecular flexibility index (Phi) is 4.79. The number of carbonyl (C=O) groups excluding carboxylic acids is 1. The second-order valence-corrected chi connectivity index (χ2v) is 7.33. The van der Waals surface area contributed by atoms with Crippen LogP contribution >= 0.6 is 23.4 Å². The monoisotopic (exact) mass is 395 g/mol. The minimum Gasteiger partial charge on any atom is -0.322 e. The fourth-order valence-corrected chi connectivity index (χ4v) is 3.68. The number of benzene rings is 2. The molecule has 0 aliphatic carbocycles. The van der Waals surface area contributed by atoms with Gasteiger partial charge >= 0.3 is 0 Å². The van der Waals surface area contributed by atoms with Gasteiger partial charge < -0.3 is 5.32 Å². The number of anilines is 1. The molecule has 0 saturated carbocycles. The molecule has 0 bridgehead atoms. The van der Waals surface area contributed by atoms with Crippen molar-refractivity contribution >= 4 is 40.7 Å². The number of rotatable bonds is 4. The Balaban J connectivity index is 1.50. The van der Waals surface area contributed by atoms with Crippen LogP contribution in [0.4, 0.5) is 5.69 Å². The van der Waals surface area contributed by atoms with Crippen molar-refractivity contribution in [1.29, 1.82) is 0 Å². The van der Waals surface area contributed by atoms with Gasteiger partial charge in [0.2, 0.25) is 0 Å². The van der Waals surface area contributed by atoms with Crippen LogP contribution in [0.1, 0.15) is 16.1 Å². The molecule has 2 aromatic carbocycles. The summed E-state index contributed by atoms with van der Waals surface area (Å²) in [5.74, 6) is 0.370. The Hall–Kier alpha value is -2.90. The van der Waals surface area contributed by atoms with Crippen molar-refractivity contribution in [2.45, 2.75) is 16.8 Å². The van der Waals surface area contributed by atoms with E-state index in [2.05, 4.69) is 20.4 Å². The van der Waals surface area contributed by atoms with E-state index in [-0.39, 0.29) is 5.91 Å². The molecule has 1 amide bonds. The van der Waals surface area contributed by atoms with E-state index in [1.165, 1.54) is 6.33 Å². The average Bonchev–Trinajstić information content (AvgIpc) is 3.12. The van der Waals surface area contributed by atoms with Crippen molar-refractivity contribution in [2.75, 3.05) is 5.32 Å². The van der Waals surface area contributed by atoms with Crippen molar-refractivity contribution in [3.05, 3.63) is 77.2 Å². The van der Waals surface area contributed by atoms with Crippen molar-refractivity contribution in [3.8, 4) is 0 Å². The smallest absolute Gasteiger partial charge is 0.255 e. The molecular formula is C19H14ClN5OS. The van der Waals surface area contributed by atoms with Gasteiger partial charge in [-0.05, 0) is 55.5 Å². The van der Waals surface area contributed by atoms with E-state index in [1.54, 1.807) is 40.5 Å². The highest BCUT2D eigenvalue weighted by Crippen LogP contribution is 2.29. The molecule has 0 unspecified atom stereocenters. The molecule has 2 aromatic heterocycles. The molecule has 0 spiro atoms. The van der Waals surface area contributed by atoms with Crippen molar-refractivity contribution in [3.63, 3.8) is 0 Å². The lowest BCUT2D eigenvalue weighted by atomic mass is 10.2. The van der Waals surface area contributed by atoms with E-state index < -0.39 is 0 Å². The Bertz CT molecular complexity index is 1130. The van der Waals surface area contributed by atoms with E-state index in [0.29, 0.717) is 22.1 Å². The lowest BCUT2D eigenvalue weighted by Gasteiger charge is -2.08. The van der Waals surface area contributed by atoms with Gasteiger partial charge in [-0.25, -0.2) is 4.98 Å². The number of nitrogens with zero attached hydrogens (tertiary/aromatic N) is 4. The molecular weight excluding hydrogens is 382 g/mol. The molecule has 27 heavy (non-hydrogen) atoms. The summed E-state index contributed by atoms with van der Waals surface area (Å²) < 4.78 is 1.70. The number of fused-ring (bicyclic) bond motifs is 1. The first kappa shape index (κ1) is 17.5. The first-order valence-corrected chi connectivity index (χ1v) is 9.30. The number of aromatic nitrogens is 4. The predicted octanol–water partition coefficient (Wildman–Crippen LogP) is 4.49. The van der Waals surface area contributed by atoms with Crippen LogP contribution in [0.25, 0.3) is 5.78 Å². The normalized spacial score (nSPS) is 10.9. The fourth-order valence-electron chi connectivity index (χ4n) is 2.53. The minimum atomic E-state index is -0.202. The topological polar surface area (TPSA) is 72.2 Å². The molecule has 0 aliphatic heterocycles. The molecule has 4 rings (SSSR count). The van der Waals surface area contributed by atoms with E-state index in [9.17, 15) is 4.79 Å². The van der Waals surface area contributed by atoms with Crippen LogP contribution in [0.15, 0.2) is 70.8 Å². The maximum Gasteiger partial charge on any atom is 0.255 e. The van der Waals surface area contributed by atoms with Gasteiger partial charge in [-0.2, -0.15) is 14.6 Å². The summed E-state index contributed by atoms with van der Waals surface area (Å²) in [5, 5.41) is 8.53. The summed E-state index contributed by atoms with van der Waals surface area (Å²) in [6.07, 6.45) is 1.49. The van der Waals surface area contributed by atoms with Crippen LogP contribution in [-0.4, -0.2) is 25.5 Å². The summed E-state index contributed by atoms with van der Waals surface area (Å²) in [7, 11) is 0. The lowest BCUT2D eigenvalue weighted by Crippen LogP contribution is -2.11. The molecule has 4 aromatic rings. The maximum atomic E-state index is 12.3. The number of amides is 1. The second-order valence-electron chi connectivity index (χ2n) is 5.80. The second kappa shape index (κ2) is 7.38. The molecule has 0 fully saturated rings. The van der Waals surface area contributed by atoms with Crippen LogP contribution < -0.4 is 5.32 Å². The quantitative estimate of drug-likeness (QED) is 0.515. The first-order valence-electron chi connectivity index (χ1n) is 8.11. The lowest BCUT2D eigenvalue weighted by molar-refractivity contribution is 0.102. The molecule has 6 nitrogen and oxygen atoms in total. The summed E-state index contributed by atoms with van der Waals surface area (Å²) in [4.78, 5) is 21.8. The van der Waals surface area contributed by atoms with Gasteiger partial charge in [0, 0.05) is 26.9 Å². The molecule has 8 heteroatoms. The zero-order valence-electron chi connectivity index (χ0n) is 14.3. The van der Waals surface area contributed by atoms with Crippen LogP contribution in [0, 0.1) is 6.92 Å². The Morgan fingerprint density at radius 3 is 2.74 bits per heavy atom. The Morgan fingerprint density at radius 2 is 1.96 bits per heavy atom. The molecule has 0 aliphatic rings. The number of carbonyl (C=O) groups is 1. The number of hydrogen-bond donors (Lipinski definition) is 1. The Labute approximate surface area is 164 Å². The van der Waals surface area contributed by atoms with E-state index in [1.807, 2.05) is 37.3 Å². The van der Waals surface area contributed by atoms with E-state index in [0.717, 1.165) is 15.6 Å². The molecule has 0 radical (unpaired) electrons. The van der Waals surface area contributed by atoms with Gasteiger partial charge in [0.1, 0.15) is 11.4 Å². The third-order valence-electron chi connectivity index (χ3n) is 3.77. The van der Waals surface area contributed by atoms with Gasteiger partial charge in [0.05, 0.1) is 0 Å². The van der Waals surface area contributed by atoms with Crippen molar-refractivity contribution < 1.29 is 4.79 Å². The average molecular weight is 396 g/mol. The molecule has 2 heterocycles. The SMILES string of the molecule is Cc1cc(Sc2ccc(NC(=O)c3cccc(Cl)c3)cc2)n2ncnc2n1. The van der Waals surface area contributed by atoms with Gasteiger partial charge in [0.25, 0.3) is 11.7 Å². The minimum absolute atomic E-state index is 0.202. The van der Waals surface area contributed by atoms with Gasteiger partial charge in [-0.15, -0.1) is 0 Å². The number of halogens is 1. The van der Waals surface area contributed by atoms with Crippen LogP contribution in [0.3, 0.4) is 0 Å². The molecule has 134 valence electrons. The third-order valence-corrected chi connectivity index (χ3v) is 5.01. The number of aryl methyl sites for hydroxylation is 1. The predicted molar refractivity (Wildman–Crippen MR) is 105 cm³/mol. The van der Waals surface area contributed by atoms with Crippen LogP contribution in [0.5, 0.6) is 0 Å². The molecule has 0 saturated heterocycles. The molecule has 1 N–H and O–H groups in total. The number of hydrogen-bond acceptors (Lipinski definition) is 5. The van der Waals surface area contributed by atoms with Crippen LogP contribution in [-0.2, 0) is 0 Å². The van der Waals surface area contributed by atoms with Gasteiger partial charge in [-0.3, -0.25) is 4.79 Å². The summed E-state index contributed by atoms with van der Waals surface area (Å²) in [5.41, 5.74) is 2.10. The first-order chi connectivity index (χ1) is 13.1. The van der Waals surface area contributed by atoms with Crippen LogP contribution in [0.2, 0.25) is 5.02 Å². The largest absolute Gasteiger partial charge is 0.322 e. The van der Waals surface area contributed by atoms with Crippen molar-refractivity contribution in [2.24, 2.45) is 0 Å². The summed E-state index contributed by atoms with van der Waals surface area (Å²) in [6.45, 7) is 1.92. The fraction of sp³-hybridized carbons (Fsp3) is 0.0526. The highest BCUT2D eigenvalue weighted by atomic mass is 35.5. The zero-order chi connectivity index (χ0) is 18.8. The van der Waals surface area contributed by atoms with E-state index >= 15 is 0 Å². The van der Waals surface area contributed by atoms with Gasteiger partial charge in [0.15, 0.2) is 0 Å². The highest BCUT2D eigenvalue weighted by Gasteiger charge is 2.09. The summed E-state index contributed by atoms with van der Waals surface area (Å²) >= 11 is 7.49. The van der Waals surface area contributed by atoms with Crippen molar-refractivity contribution in [1.82, 2.24) is 19.6 Å². The maximum absolute atomic E-state index is 12.3. The summed E-state index contributed by atoms with van der Waals surface area (Å²) in [6, 6.07) is 16.4. The highest BCUT2D eigenvalue weighted by molar-refractivity contribution is 7.99. The third kappa shape index (κ3) is 3.94. The standard InChI is InChI=1S/C19H14ClN5OS/c1-12-9-17(25-19(23-12)21-11-22-25)27-16-7-5-15(6-8-16)24-18(26)13-3-2-4-14(20)10-13/h2-11H,1H3,(H,24,26). The Morgan fingerprint density at radius 1 is 1.15 bits per heavy atom. The zero-order valence-corrected chi connectivity index (χ0v) is 15.8. The molecule has 0 atom stereocenters.